The smallest absolute Gasteiger partial charge is 0.200 e. The molecule has 0 spiro atoms. The standard InChI is InChI=1S/C12H15F2NO/c13-10-8(3-4-9(16)11(10)14)12(7-15)5-1-2-6-12/h3-4,16H,1-2,5-7,15H2. The van der Waals surface area contributed by atoms with Crippen LogP contribution >= 0.6 is 0 Å². The third kappa shape index (κ3) is 1.57. The SMILES string of the molecule is NCC1(c2ccc(O)c(F)c2F)CCCC1. The number of aromatic hydroxyl groups is 1. The predicted molar refractivity (Wildman–Crippen MR) is 57.2 cm³/mol. The second-order valence-corrected chi connectivity index (χ2v) is 4.45. The first-order chi connectivity index (χ1) is 7.60. The Morgan fingerprint density at radius 3 is 2.38 bits per heavy atom. The van der Waals surface area contributed by atoms with E-state index in [1.165, 1.54) is 12.1 Å². The van der Waals surface area contributed by atoms with E-state index >= 15 is 0 Å². The minimum atomic E-state index is -1.17. The molecule has 2 rings (SSSR count). The van der Waals surface area contributed by atoms with E-state index < -0.39 is 22.8 Å². The first kappa shape index (κ1) is 11.3. The van der Waals surface area contributed by atoms with E-state index in [0.717, 1.165) is 25.7 Å². The van der Waals surface area contributed by atoms with Gasteiger partial charge in [-0.15, -0.1) is 0 Å². The van der Waals surface area contributed by atoms with E-state index in [0.29, 0.717) is 12.1 Å². The predicted octanol–water partition coefficient (Wildman–Crippen LogP) is 2.44. The Kier molecular flexibility index (Phi) is 2.84. The first-order valence-electron chi connectivity index (χ1n) is 5.48. The monoisotopic (exact) mass is 227 g/mol. The Bertz CT molecular complexity index is 400. The van der Waals surface area contributed by atoms with Gasteiger partial charge in [-0.3, -0.25) is 0 Å². The van der Waals surface area contributed by atoms with Crippen molar-refractivity contribution in [3.8, 4) is 5.75 Å². The summed E-state index contributed by atoms with van der Waals surface area (Å²) in [6.07, 6.45) is 3.54. The van der Waals surface area contributed by atoms with Crippen molar-refractivity contribution in [1.29, 1.82) is 0 Å². The Morgan fingerprint density at radius 1 is 1.19 bits per heavy atom. The highest BCUT2D eigenvalue weighted by Gasteiger charge is 2.37. The molecule has 88 valence electrons. The summed E-state index contributed by atoms with van der Waals surface area (Å²) in [7, 11) is 0. The van der Waals surface area contributed by atoms with Crippen molar-refractivity contribution >= 4 is 0 Å². The van der Waals surface area contributed by atoms with Crippen LogP contribution in [-0.2, 0) is 5.41 Å². The molecule has 0 aliphatic heterocycles. The van der Waals surface area contributed by atoms with Crippen LogP contribution in [0.5, 0.6) is 5.75 Å². The summed E-state index contributed by atoms with van der Waals surface area (Å²) < 4.78 is 27.0. The van der Waals surface area contributed by atoms with Gasteiger partial charge in [0.2, 0.25) is 5.82 Å². The maximum absolute atomic E-state index is 13.8. The van der Waals surface area contributed by atoms with Crippen LogP contribution in [0.1, 0.15) is 31.2 Å². The summed E-state index contributed by atoms with van der Waals surface area (Å²) in [6, 6.07) is 2.65. The Balaban J connectivity index is 2.51. The maximum Gasteiger partial charge on any atom is 0.200 e. The van der Waals surface area contributed by atoms with Gasteiger partial charge in [0.25, 0.3) is 0 Å². The highest BCUT2D eigenvalue weighted by molar-refractivity contribution is 5.35. The molecule has 0 amide bonds. The molecule has 0 radical (unpaired) electrons. The highest BCUT2D eigenvalue weighted by atomic mass is 19.2. The van der Waals surface area contributed by atoms with E-state index in [9.17, 15) is 8.78 Å². The maximum atomic E-state index is 13.8. The molecule has 16 heavy (non-hydrogen) atoms. The second-order valence-electron chi connectivity index (χ2n) is 4.45. The third-order valence-electron chi connectivity index (χ3n) is 3.58. The first-order valence-corrected chi connectivity index (χ1v) is 5.48. The average molecular weight is 227 g/mol. The fraction of sp³-hybridized carbons (Fsp3) is 0.500. The average Bonchev–Trinajstić information content (AvgIpc) is 2.76. The van der Waals surface area contributed by atoms with Crippen molar-refractivity contribution in [2.45, 2.75) is 31.1 Å². The number of phenolic OH excluding ortho intramolecular Hbond substituents is 1. The fourth-order valence-electron chi connectivity index (χ4n) is 2.58. The van der Waals surface area contributed by atoms with E-state index in [4.69, 9.17) is 10.8 Å². The van der Waals surface area contributed by atoms with E-state index in [1.54, 1.807) is 0 Å². The molecule has 1 saturated carbocycles. The quantitative estimate of drug-likeness (QED) is 0.815. The molecule has 0 aromatic heterocycles. The van der Waals surface area contributed by atoms with Gasteiger partial charge in [0.1, 0.15) is 0 Å². The van der Waals surface area contributed by atoms with Gasteiger partial charge in [-0.2, -0.15) is 4.39 Å². The zero-order valence-electron chi connectivity index (χ0n) is 8.97. The van der Waals surface area contributed by atoms with Crippen molar-refractivity contribution in [3.05, 3.63) is 29.3 Å². The Hall–Kier alpha value is -1.16. The van der Waals surface area contributed by atoms with Gasteiger partial charge in [0, 0.05) is 12.0 Å². The van der Waals surface area contributed by atoms with Crippen molar-refractivity contribution in [2.75, 3.05) is 6.54 Å². The number of phenols is 1. The molecule has 3 N–H and O–H groups in total. The van der Waals surface area contributed by atoms with Crippen LogP contribution in [0.25, 0.3) is 0 Å². The molecular formula is C12H15F2NO. The number of nitrogens with two attached hydrogens (primary N) is 1. The van der Waals surface area contributed by atoms with Crippen LogP contribution in [0.2, 0.25) is 0 Å². The van der Waals surface area contributed by atoms with Crippen LogP contribution in [0.3, 0.4) is 0 Å². The molecule has 1 aliphatic rings. The summed E-state index contributed by atoms with van der Waals surface area (Å²) in [6.45, 7) is 0.314. The molecule has 0 unspecified atom stereocenters. The molecule has 1 aromatic carbocycles. The number of hydrogen-bond acceptors (Lipinski definition) is 2. The highest BCUT2D eigenvalue weighted by Crippen LogP contribution is 2.42. The van der Waals surface area contributed by atoms with Crippen molar-refractivity contribution in [3.63, 3.8) is 0 Å². The molecule has 0 atom stereocenters. The molecule has 0 saturated heterocycles. The molecule has 2 nitrogen and oxygen atoms in total. The fourth-order valence-corrected chi connectivity index (χ4v) is 2.58. The van der Waals surface area contributed by atoms with Crippen molar-refractivity contribution < 1.29 is 13.9 Å². The second kappa shape index (κ2) is 4.01. The number of hydrogen-bond donors (Lipinski definition) is 2. The van der Waals surface area contributed by atoms with Gasteiger partial charge in [0.15, 0.2) is 11.6 Å². The van der Waals surface area contributed by atoms with E-state index in [-0.39, 0.29) is 0 Å². The zero-order chi connectivity index (χ0) is 11.8. The number of benzene rings is 1. The summed E-state index contributed by atoms with van der Waals surface area (Å²) in [4.78, 5) is 0. The lowest BCUT2D eigenvalue weighted by Gasteiger charge is -2.28. The lowest BCUT2D eigenvalue weighted by Crippen LogP contribution is -2.33. The molecule has 0 bridgehead atoms. The summed E-state index contributed by atoms with van der Waals surface area (Å²) >= 11 is 0. The van der Waals surface area contributed by atoms with E-state index in [2.05, 4.69) is 0 Å². The lowest BCUT2D eigenvalue weighted by molar-refractivity contribution is 0.378. The van der Waals surface area contributed by atoms with Gasteiger partial charge < -0.3 is 10.8 Å². The largest absolute Gasteiger partial charge is 0.505 e. The number of rotatable bonds is 2. The molecule has 0 heterocycles. The molecule has 4 heteroatoms. The molecule has 1 fully saturated rings. The normalized spacial score (nSPS) is 18.9. The third-order valence-corrected chi connectivity index (χ3v) is 3.58. The van der Waals surface area contributed by atoms with Crippen LogP contribution in [-0.4, -0.2) is 11.7 Å². The summed E-state index contributed by atoms with van der Waals surface area (Å²) in [5.74, 6) is -2.77. The Morgan fingerprint density at radius 2 is 1.81 bits per heavy atom. The van der Waals surface area contributed by atoms with Gasteiger partial charge >= 0.3 is 0 Å². The molecule has 1 aromatic rings. The van der Waals surface area contributed by atoms with Crippen LogP contribution in [0, 0.1) is 11.6 Å². The Labute approximate surface area is 93.1 Å². The van der Waals surface area contributed by atoms with Gasteiger partial charge in [0.05, 0.1) is 0 Å². The number of halogens is 2. The topological polar surface area (TPSA) is 46.2 Å². The summed E-state index contributed by atoms with van der Waals surface area (Å²) in [5.41, 5.74) is 5.57. The van der Waals surface area contributed by atoms with Gasteiger partial charge in [-0.25, -0.2) is 4.39 Å². The van der Waals surface area contributed by atoms with Crippen LogP contribution in [0.4, 0.5) is 8.78 Å². The van der Waals surface area contributed by atoms with Crippen LogP contribution in [0.15, 0.2) is 12.1 Å². The molecule has 1 aliphatic carbocycles. The van der Waals surface area contributed by atoms with Crippen molar-refractivity contribution in [2.24, 2.45) is 5.73 Å². The van der Waals surface area contributed by atoms with Gasteiger partial charge in [-0.05, 0) is 24.5 Å². The minimum Gasteiger partial charge on any atom is -0.505 e. The van der Waals surface area contributed by atoms with Crippen molar-refractivity contribution in [1.82, 2.24) is 0 Å². The minimum absolute atomic E-state index is 0.308. The zero-order valence-corrected chi connectivity index (χ0v) is 8.97. The van der Waals surface area contributed by atoms with Crippen LogP contribution < -0.4 is 5.73 Å². The lowest BCUT2D eigenvalue weighted by atomic mass is 9.78. The van der Waals surface area contributed by atoms with Gasteiger partial charge in [-0.1, -0.05) is 18.9 Å². The van der Waals surface area contributed by atoms with E-state index in [1.807, 2.05) is 0 Å². The molecular weight excluding hydrogens is 212 g/mol. The summed E-state index contributed by atoms with van der Waals surface area (Å²) in [5, 5.41) is 9.08.